The molecular formula is C11H14BrNO2. The van der Waals surface area contributed by atoms with Crippen molar-refractivity contribution in [2.24, 2.45) is 0 Å². The predicted octanol–water partition coefficient (Wildman–Crippen LogP) is 3.06. The predicted molar refractivity (Wildman–Crippen MR) is 64.2 cm³/mol. The molecule has 0 saturated heterocycles. The fourth-order valence-electron chi connectivity index (χ4n) is 1.21. The molecule has 0 heterocycles. The number of rotatable bonds is 3. The van der Waals surface area contributed by atoms with Crippen molar-refractivity contribution in [1.29, 1.82) is 0 Å². The maximum absolute atomic E-state index is 11.4. The van der Waals surface area contributed by atoms with Crippen molar-refractivity contribution in [3.05, 3.63) is 28.2 Å². The van der Waals surface area contributed by atoms with E-state index in [1.54, 1.807) is 6.07 Å². The molecule has 0 atom stereocenters. The fourth-order valence-corrected chi connectivity index (χ4v) is 1.62. The molecule has 1 aromatic rings. The van der Waals surface area contributed by atoms with Gasteiger partial charge in [-0.2, -0.15) is 0 Å². The second-order valence-corrected chi connectivity index (χ2v) is 4.34. The quantitative estimate of drug-likeness (QED) is 0.859. The molecule has 0 amide bonds. The molecule has 0 aliphatic carbocycles. The minimum absolute atomic E-state index is 0.330. The monoisotopic (exact) mass is 271 g/mol. The normalized spacial score (nSPS) is 10.2. The number of methoxy groups -OCH3 is 1. The van der Waals surface area contributed by atoms with Gasteiger partial charge in [0.1, 0.15) is 0 Å². The first-order valence-electron chi connectivity index (χ1n) is 4.69. The van der Waals surface area contributed by atoms with Crippen LogP contribution in [0.4, 0.5) is 5.69 Å². The van der Waals surface area contributed by atoms with Crippen molar-refractivity contribution in [2.75, 3.05) is 12.4 Å². The number of esters is 1. The molecule has 0 aliphatic rings. The fraction of sp³-hybridized carbons (Fsp3) is 0.364. The largest absolute Gasteiger partial charge is 0.465 e. The van der Waals surface area contributed by atoms with E-state index in [9.17, 15) is 4.79 Å². The molecular weight excluding hydrogens is 258 g/mol. The van der Waals surface area contributed by atoms with E-state index in [1.165, 1.54) is 7.11 Å². The number of carbonyl (C=O) groups excluding carboxylic acids is 1. The highest BCUT2D eigenvalue weighted by atomic mass is 79.9. The maximum Gasteiger partial charge on any atom is 0.339 e. The van der Waals surface area contributed by atoms with E-state index in [2.05, 4.69) is 26.0 Å². The van der Waals surface area contributed by atoms with Gasteiger partial charge in [0, 0.05) is 16.2 Å². The van der Waals surface area contributed by atoms with Gasteiger partial charge >= 0.3 is 5.97 Å². The van der Waals surface area contributed by atoms with Gasteiger partial charge in [-0.25, -0.2) is 4.79 Å². The standard InChI is InChI=1S/C11H14BrNO2/c1-7(2)13-8-4-5-10(12)9(6-8)11(14)15-3/h4-7,13H,1-3H3. The Bertz CT molecular complexity index is 364. The zero-order chi connectivity index (χ0) is 11.4. The number of nitrogens with one attached hydrogen (secondary N) is 1. The van der Waals surface area contributed by atoms with Crippen LogP contribution in [0.1, 0.15) is 24.2 Å². The number of hydrogen-bond donors (Lipinski definition) is 1. The van der Waals surface area contributed by atoms with Crippen LogP contribution >= 0.6 is 15.9 Å². The van der Waals surface area contributed by atoms with Gasteiger partial charge in [-0.05, 0) is 48.0 Å². The number of carbonyl (C=O) groups is 1. The van der Waals surface area contributed by atoms with Gasteiger partial charge in [0.25, 0.3) is 0 Å². The SMILES string of the molecule is COC(=O)c1cc(NC(C)C)ccc1Br. The number of ether oxygens (including phenoxy) is 1. The van der Waals surface area contributed by atoms with E-state index in [-0.39, 0.29) is 5.97 Å². The molecule has 3 nitrogen and oxygen atoms in total. The first kappa shape index (κ1) is 12.0. The van der Waals surface area contributed by atoms with Gasteiger partial charge in [-0.3, -0.25) is 0 Å². The van der Waals surface area contributed by atoms with E-state index >= 15 is 0 Å². The Kier molecular flexibility index (Phi) is 4.15. The van der Waals surface area contributed by atoms with Gasteiger partial charge < -0.3 is 10.1 Å². The van der Waals surface area contributed by atoms with E-state index in [0.29, 0.717) is 11.6 Å². The van der Waals surface area contributed by atoms with E-state index in [1.807, 2.05) is 26.0 Å². The second-order valence-electron chi connectivity index (χ2n) is 3.49. The third-order valence-corrected chi connectivity index (χ3v) is 2.52. The van der Waals surface area contributed by atoms with Crippen LogP contribution in [-0.2, 0) is 4.74 Å². The maximum atomic E-state index is 11.4. The van der Waals surface area contributed by atoms with Gasteiger partial charge in [-0.15, -0.1) is 0 Å². The first-order chi connectivity index (χ1) is 7.04. The molecule has 82 valence electrons. The van der Waals surface area contributed by atoms with Crippen LogP contribution in [0.2, 0.25) is 0 Å². The highest BCUT2D eigenvalue weighted by Gasteiger charge is 2.10. The Labute approximate surface area is 97.9 Å². The smallest absolute Gasteiger partial charge is 0.339 e. The van der Waals surface area contributed by atoms with Gasteiger partial charge in [0.15, 0.2) is 0 Å². The molecule has 0 bridgehead atoms. The summed E-state index contributed by atoms with van der Waals surface area (Å²) >= 11 is 3.31. The lowest BCUT2D eigenvalue weighted by molar-refractivity contribution is 0.0599. The summed E-state index contributed by atoms with van der Waals surface area (Å²) in [7, 11) is 1.37. The Morgan fingerprint density at radius 1 is 1.47 bits per heavy atom. The molecule has 0 radical (unpaired) electrons. The Morgan fingerprint density at radius 2 is 2.13 bits per heavy atom. The minimum Gasteiger partial charge on any atom is -0.465 e. The molecule has 0 unspecified atom stereocenters. The molecule has 1 N–H and O–H groups in total. The van der Waals surface area contributed by atoms with Crippen LogP contribution in [-0.4, -0.2) is 19.1 Å². The van der Waals surface area contributed by atoms with Crippen LogP contribution in [0.25, 0.3) is 0 Å². The van der Waals surface area contributed by atoms with Crippen LogP contribution in [0.3, 0.4) is 0 Å². The number of halogens is 1. The third kappa shape index (κ3) is 3.23. The van der Waals surface area contributed by atoms with Crippen LogP contribution in [0, 0.1) is 0 Å². The zero-order valence-electron chi connectivity index (χ0n) is 9.00. The van der Waals surface area contributed by atoms with Gasteiger partial charge in [0.05, 0.1) is 12.7 Å². The van der Waals surface area contributed by atoms with Crippen LogP contribution < -0.4 is 5.32 Å². The summed E-state index contributed by atoms with van der Waals surface area (Å²) in [6, 6.07) is 5.85. The van der Waals surface area contributed by atoms with E-state index in [0.717, 1.165) is 10.2 Å². The summed E-state index contributed by atoms with van der Waals surface area (Å²) in [6.45, 7) is 4.08. The lowest BCUT2D eigenvalue weighted by Gasteiger charge is -2.11. The summed E-state index contributed by atoms with van der Waals surface area (Å²) in [4.78, 5) is 11.4. The van der Waals surface area contributed by atoms with Crippen molar-refractivity contribution in [3.8, 4) is 0 Å². The molecule has 4 heteroatoms. The summed E-state index contributed by atoms with van der Waals surface area (Å²) in [5.41, 5.74) is 1.44. The summed E-state index contributed by atoms with van der Waals surface area (Å²) < 4.78 is 5.42. The van der Waals surface area contributed by atoms with Crippen molar-refractivity contribution in [1.82, 2.24) is 0 Å². The average molecular weight is 272 g/mol. The van der Waals surface area contributed by atoms with Crippen LogP contribution in [0.15, 0.2) is 22.7 Å². The van der Waals surface area contributed by atoms with Crippen molar-refractivity contribution >= 4 is 27.6 Å². The van der Waals surface area contributed by atoms with Gasteiger partial charge in [0.2, 0.25) is 0 Å². The Morgan fingerprint density at radius 3 is 2.67 bits per heavy atom. The molecule has 0 aromatic heterocycles. The van der Waals surface area contributed by atoms with Crippen molar-refractivity contribution in [3.63, 3.8) is 0 Å². The third-order valence-electron chi connectivity index (χ3n) is 1.83. The highest BCUT2D eigenvalue weighted by molar-refractivity contribution is 9.10. The molecule has 0 aliphatic heterocycles. The van der Waals surface area contributed by atoms with Gasteiger partial charge in [-0.1, -0.05) is 0 Å². The number of anilines is 1. The lowest BCUT2D eigenvalue weighted by Crippen LogP contribution is -2.11. The number of hydrogen-bond acceptors (Lipinski definition) is 3. The highest BCUT2D eigenvalue weighted by Crippen LogP contribution is 2.22. The minimum atomic E-state index is -0.339. The van der Waals surface area contributed by atoms with E-state index in [4.69, 9.17) is 0 Å². The van der Waals surface area contributed by atoms with E-state index < -0.39 is 0 Å². The van der Waals surface area contributed by atoms with Crippen molar-refractivity contribution in [2.45, 2.75) is 19.9 Å². The molecule has 1 rings (SSSR count). The molecule has 15 heavy (non-hydrogen) atoms. The topological polar surface area (TPSA) is 38.3 Å². The first-order valence-corrected chi connectivity index (χ1v) is 5.48. The number of benzene rings is 1. The second kappa shape index (κ2) is 5.16. The Hall–Kier alpha value is -1.03. The molecule has 0 fully saturated rings. The molecule has 1 aromatic carbocycles. The summed E-state index contributed by atoms with van der Waals surface area (Å²) in [5, 5.41) is 3.22. The summed E-state index contributed by atoms with van der Waals surface area (Å²) in [6.07, 6.45) is 0. The van der Waals surface area contributed by atoms with Crippen LogP contribution in [0.5, 0.6) is 0 Å². The van der Waals surface area contributed by atoms with Crippen molar-refractivity contribution < 1.29 is 9.53 Å². The average Bonchev–Trinajstić information content (AvgIpc) is 2.19. The lowest BCUT2D eigenvalue weighted by atomic mass is 10.2. The zero-order valence-corrected chi connectivity index (χ0v) is 10.6. The molecule has 0 saturated carbocycles. The summed E-state index contributed by atoms with van der Waals surface area (Å²) in [5.74, 6) is -0.339. The molecule has 0 spiro atoms. The Balaban J connectivity index is 3.00.